The number of carbonyl (C=O) groups is 2. The minimum absolute atomic E-state index is 0.157. The van der Waals surface area contributed by atoms with E-state index in [-0.39, 0.29) is 11.7 Å². The van der Waals surface area contributed by atoms with E-state index >= 15 is 0 Å². The van der Waals surface area contributed by atoms with Gasteiger partial charge in [-0.2, -0.15) is 4.98 Å². The number of rotatable bonds is 7. The number of anilines is 1. The number of likely N-dealkylation sites (tertiary alicyclic amines) is 1. The molecule has 0 bridgehead atoms. The van der Waals surface area contributed by atoms with Crippen molar-refractivity contribution in [3.8, 4) is 5.69 Å². The number of nitrogens with two attached hydrogens (primary N) is 2. The van der Waals surface area contributed by atoms with Gasteiger partial charge in [0.25, 0.3) is 0 Å². The van der Waals surface area contributed by atoms with Crippen LogP contribution in [0.25, 0.3) is 5.69 Å². The number of nitrogens with one attached hydrogen (secondary N) is 1. The average molecular weight is 525 g/mol. The number of aliphatic hydroxyl groups is 1. The predicted molar refractivity (Wildman–Crippen MR) is 141 cm³/mol. The van der Waals surface area contributed by atoms with Crippen LogP contribution in [0.5, 0.6) is 0 Å². The summed E-state index contributed by atoms with van der Waals surface area (Å²) in [4.78, 5) is 47.4. The van der Waals surface area contributed by atoms with Gasteiger partial charge in [-0.3, -0.25) is 19.6 Å². The van der Waals surface area contributed by atoms with Gasteiger partial charge in [-0.25, -0.2) is 9.59 Å². The van der Waals surface area contributed by atoms with E-state index in [2.05, 4.69) is 15.2 Å². The van der Waals surface area contributed by atoms with Crippen molar-refractivity contribution in [1.82, 2.24) is 24.3 Å². The van der Waals surface area contributed by atoms with E-state index in [0.29, 0.717) is 37.8 Å². The first-order valence-electron chi connectivity index (χ1n) is 13.1. The second-order valence-corrected chi connectivity index (χ2v) is 10.8. The van der Waals surface area contributed by atoms with Crippen molar-refractivity contribution in [3.05, 3.63) is 52.6 Å². The number of amides is 3. The van der Waals surface area contributed by atoms with E-state index in [1.165, 1.54) is 22.0 Å². The topological polar surface area (TPSA) is 163 Å². The lowest BCUT2D eigenvalue weighted by Crippen LogP contribution is -2.60. The van der Waals surface area contributed by atoms with Crippen LogP contribution in [0.2, 0.25) is 0 Å². The summed E-state index contributed by atoms with van der Waals surface area (Å²) in [5.41, 5.74) is 11.7. The van der Waals surface area contributed by atoms with Crippen LogP contribution in [0, 0.1) is 17.8 Å². The highest BCUT2D eigenvalue weighted by atomic mass is 16.3. The molecular formula is C26H36N8O4. The first-order chi connectivity index (χ1) is 18.2. The lowest BCUT2D eigenvalue weighted by Gasteiger charge is -2.37. The number of hydrogen-bond acceptors (Lipinski definition) is 8. The number of piperidine rings is 1. The van der Waals surface area contributed by atoms with E-state index < -0.39 is 23.9 Å². The fraction of sp³-hybridized carbons (Fsp3) is 0.538. The van der Waals surface area contributed by atoms with Gasteiger partial charge in [-0.15, -0.1) is 0 Å². The molecule has 6 N–H and O–H groups in total. The van der Waals surface area contributed by atoms with E-state index in [1.54, 1.807) is 17.2 Å². The first-order valence-corrected chi connectivity index (χ1v) is 13.1. The first kappa shape index (κ1) is 26.3. The molecule has 2 aromatic rings. The minimum atomic E-state index is -1.35. The maximum absolute atomic E-state index is 12.7. The largest absolute Gasteiger partial charge is 0.394 e. The summed E-state index contributed by atoms with van der Waals surface area (Å²) in [5.74, 6) is 2.03. The lowest BCUT2D eigenvalue weighted by atomic mass is 10.0. The Morgan fingerprint density at radius 2 is 1.71 bits per heavy atom. The second kappa shape index (κ2) is 10.4. The maximum Gasteiger partial charge on any atom is 0.354 e. The third kappa shape index (κ3) is 5.30. The number of aromatic nitrogens is 2. The standard InChI is InChI=1S/C26H36N8O4/c1-26(28,16-35)23(36)32-8-10-33(11-9-32)24(37)29-22-6-7-34(25(38)30-22)18-4-2-17(3-5-18)13-31-14-20-19(12-27)21(20)15-31/h2-7,19-21,35H,8-16,27-28H2,1H3,(H,29,30,37,38)/t19?,20-,21+,26?. The van der Waals surface area contributed by atoms with Crippen LogP contribution in [0.15, 0.2) is 41.3 Å². The monoisotopic (exact) mass is 524 g/mol. The maximum atomic E-state index is 12.7. The van der Waals surface area contributed by atoms with Gasteiger partial charge in [0.1, 0.15) is 11.4 Å². The van der Waals surface area contributed by atoms with Gasteiger partial charge in [-0.1, -0.05) is 12.1 Å². The van der Waals surface area contributed by atoms with Crippen LogP contribution >= 0.6 is 0 Å². The van der Waals surface area contributed by atoms with Gasteiger partial charge >= 0.3 is 11.7 Å². The van der Waals surface area contributed by atoms with Crippen LogP contribution in [0.4, 0.5) is 10.6 Å². The summed E-state index contributed by atoms with van der Waals surface area (Å²) in [6.45, 7) is 6.12. The van der Waals surface area contributed by atoms with E-state index in [1.807, 2.05) is 24.3 Å². The summed E-state index contributed by atoms with van der Waals surface area (Å²) in [6, 6.07) is 9.04. The van der Waals surface area contributed by atoms with Crippen LogP contribution in [-0.4, -0.2) is 99.3 Å². The Bertz CT molecular complexity index is 1230. The fourth-order valence-corrected chi connectivity index (χ4v) is 5.63. The Morgan fingerprint density at radius 3 is 2.29 bits per heavy atom. The highest BCUT2D eigenvalue weighted by Crippen LogP contribution is 2.51. The molecule has 3 heterocycles. The van der Waals surface area contributed by atoms with Gasteiger partial charge in [0.2, 0.25) is 5.91 Å². The SMILES string of the molecule is CC(N)(CO)C(=O)N1CCN(C(=O)Nc2ccn(-c3ccc(CN4C[C@@H]5C(CN)[C@@H]5C4)cc3)c(=O)n2)CC1. The molecule has 2 saturated heterocycles. The number of benzene rings is 1. The number of piperazine rings is 1. The van der Waals surface area contributed by atoms with Gasteiger partial charge in [0.05, 0.1) is 12.3 Å². The molecule has 0 radical (unpaired) electrons. The van der Waals surface area contributed by atoms with E-state index in [0.717, 1.165) is 38.0 Å². The van der Waals surface area contributed by atoms with E-state index in [4.69, 9.17) is 11.5 Å². The van der Waals surface area contributed by atoms with Gasteiger partial charge in [0.15, 0.2) is 0 Å². The van der Waals surface area contributed by atoms with Crippen molar-refractivity contribution in [2.24, 2.45) is 29.2 Å². The zero-order valence-electron chi connectivity index (χ0n) is 21.6. The smallest absolute Gasteiger partial charge is 0.354 e. The zero-order chi connectivity index (χ0) is 27.0. The Labute approximate surface area is 221 Å². The van der Waals surface area contributed by atoms with Crippen molar-refractivity contribution in [2.75, 3.05) is 57.7 Å². The summed E-state index contributed by atoms with van der Waals surface area (Å²) in [7, 11) is 0. The second-order valence-electron chi connectivity index (χ2n) is 10.8. The molecule has 204 valence electrons. The van der Waals surface area contributed by atoms with Crippen LogP contribution in [-0.2, 0) is 11.3 Å². The molecule has 3 fully saturated rings. The van der Waals surface area contributed by atoms with Crippen molar-refractivity contribution >= 4 is 17.8 Å². The molecule has 2 aliphatic heterocycles. The molecule has 2 unspecified atom stereocenters. The Kier molecular flexibility index (Phi) is 7.23. The molecule has 38 heavy (non-hydrogen) atoms. The van der Waals surface area contributed by atoms with Crippen LogP contribution in [0.1, 0.15) is 12.5 Å². The zero-order valence-corrected chi connectivity index (χ0v) is 21.6. The van der Waals surface area contributed by atoms with Crippen molar-refractivity contribution in [1.29, 1.82) is 0 Å². The highest BCUT2D eigenvalue weighted by Gasteiger charge is 2.54. The third-order valence-corrected chi connectivity index (χ3v) is 8.05. The molecule has 1 aromatic heterocycles. The number of carbonyl (C=O) groups excluding carboxylic acids is 2. The molecule has 3 aliphatic rings. The number of aliphatic hydroxyl groups excluding tert-OH is 1. The van der Waals surface area contributed by atoms with Crippen molar-refractivity contribution in [2.45, 2.75) is 19.0 Å². The quantitative estimate of drug-likeness (QED) is 0.368. The predicted octanol–water partition coefficient (Wildman–Crippen LogP) is -0.745. The number of urea groups is 1. The molecule has 3 amide bonds. The van der Waals surface area contributed by atoms with Gasteiger partial charge < -0.3 is 26.4 Å². The average Bonchev–Trinajstić information content (AvgIpc) is 3.40. The van der Waals surface area contributed by atoms with Crippen molar-refractivity contribution in [3.63, 3.8) is 0 Å². The Morgan fingerprint density at radius 1 is 1.08 bits per heavy atom. The van der Waals surface area contributed by atoms with E-state index in [9.17, 15) is 19.5 Å². The fourth-order valence-electron chi connectivity index (χ4n) is 5.63. The molecule has 12 heteroatoms. The third-order valence-electron chi connectivity index (χ3n) is 8.05. The molecule has 1 aromatic carbocycles. The van der Waals surface area contributed by atoms with Crippen LogP contribution < -0.4 is 22.5 Å². The van der Waals surface area contributed by atoms with Gasteiger partial charge in [0, 0.05) is 52.0 Å². The van der Waals surface area contributed by atoms with Gasteiger partial charge in [-0.05, 0) is 55.0 Å². The molecule has 5 rings (SSSR count). The lowest BCUT2D eigenvalue weighted by molar-refractivity contribution is -0.139. The number of fused-ring (bicyclic) bond motifs is 1. The summed E-state index contributed by atoms with van der Waals surface area (Å²) in [6.07, 6.45) is 1.59. The number of nitrogens with zero attached hydrogens (tertiary/aromatic N) is 5. The summed E-state index contributed by atoms with van der Waals surface area (Å²) >= 11 is 0. The molecular weight excluding hydrogens is 488 g/mol. The summed E-state index contributed by atoms with van der Waals surface area (Å²) in [5, 5.41) is 12.0. The Balaban J connectivity index is 1.13. The van der Waals surface area contributed by atoms with Crippen molar-refractivity contribution < 1.29 is 14.7 Å². The highest BCUT2D eigenvalue weighted by molar-refractivity contribution is 5.89. The molecule has 4 atom stereocenters. The number of hydrogen-bond donors (Lipinski definition) is 4. The van der Waals surface area contributed by atoms with Crippen LogP contribution in [0.3, 0.4) is 0 Å². The molecule has 1 saturated carbocycles. The Hall–Kier alpha value is -3.32. The molecule has 12 nitrogen and oxygen atoms in total. The molecule has 0 spiro atoms. The summed E-state index contributed by atoms with van der Waals surface area (Å²) < 4.78 is 1.44. The minimum Gasteiger partial charge on any atom is -0.394 e. The normalized spacial score (nSPS) is 24.6. The molecule has 1 aliphatic carbocycles.